The number of aromatic amines is 2. The summed E-state index contributed by atoms with van der Waals surface area (Å²) in [6, 6.07) is 0. The van der Waals surface area contributed by atoms with Crippen LogP contribution in [0.1, 0.15) is 42.2 Å². The van der Waals surface area contributed by atoms with Crippen molar-refractivity contribution in [1.82, 2.24) is 9.97 Å². The minimum atomic E-state index is -1.28. The normalized spacial score (nSPS) is 10.3. The molecule has 6 nitrogen and oxygen atoms in total. The third-order valence-corrected chi connectivity index (χ3v) is 2.29. The van der Waals surface area contributed by atoms with E-state index in [2.05, 4.69) is 4.98 Å². The molecule has 0 aromatic carbocycles. The van der Waals surface area contributed by atoms with Crippen LogP contribution >= 0.6 is 0 Å². The topological polar surface area (TPSA) is 103 Å². The molecule has 0 aliphatic rings. The van der Waals surface area contributed by atoms with Crippen molar-refractivity contribution in [3.63, 3.8) is 0 Å². The smallest absolute Gasteiger partial charge is 0.352 e. The number of rotatable bonds is 5. The summed E-state index contributed by atoms with van der Waals surface area (Å²) in [6.45, 7) is 2.01. The van der Waals surface area contributed by atoms with E-state index in [0.29, 0.717) is 6.42 Å². The van der Waals surface area contributed by atoms with Crippen molar-refractivity contribution in [2.24, 2.45) is 0 Å². The van der Waals surface area contributed by atoms with Crippen LogP contribution in [0.4, 0.5) is 0 Å². The van der Waals surface area contributed by atoms with Gasteiger partial charge in [0.05, 0.1) is 0 Å². The van der Waals surface area contributed by atoms with Crippen molar-refractivity contribution in [3.05, 3.63) is 32.1 Å². The van der Waals surface area contributed by atoms with Gasteiger partial charge in [0.15, 0.2) is 0 Å². The number of carboxylic acid groups (broad SMARTS) is 1. The number of hydrogen-bond donors (Lipinski definition) is 3. The minimum Gasteiger partial charge on any atom is -0.477 e. The summed E-state index contributed by atoms with van der Waals surface area (Å²) >= 11 is 0. The molecular formula is C10H14N2O4. The summed E-state index contributed by atoms with van der Waals surface area (Å²) in [7, 11) is 0. The summed E-state index contributed by atoms with van der Waals surface area (Å²) in [5.74, 6) is -1.28. The van der Waals surface area contributed by atoms with E-state index in [0.717, 1.165) is 19.3 Å². The number of carbonyl (C=O) groups is 1. The van der Waals surface area contributed by atoms with E-state index in [1.165, 1.54) is 0 Å². The van der Waals surface area contributed by atoms with Crippen molar-refractivity contribution in [3.8, 4) is 0 Å². The van der Waals surface area contributed by atoms with Crippen LogP contribution in [0.25, 0.3) is 0 Å². The highest BCUT2D eigenvalue weighted by Gasteiger charge is 2.14. The maximum atomic E-state index is 11.4. The Kier molecular flexibility index (Phi) is 4.04. The van der Waals surface area contributed by atoms with Gasteiger partial charge in [0.2, 0.25) is 0 Å². The van der Waals surface area contributed by atoms with Crippen LogP contribution in [-0.4, -0.2) is 21.0 Å². The maximum Gasteiger partial charge on any atom is 0.352 e. The predicted molar refractivity (Wildman–Crippen MR) is 57.9 cm³/mol. The van der Waals surface area contributed by atoms with E-state index in [-0.39, 0.29) is 11.3 Å². The molecule has 6 heteroatoms. The lowest BCUT2D eigenvalue weighted by Crippen LogP contribution is -2.29. The lowest BCUT2D eigenvalue weighted by molar-refractivity contribution is 0.0688. The average Bonchev–Trinajstić information content (AvgIpc) is 2.20. The van der Waals surface area contributed by atoms with Gasteiger partial charge in [0.1, 0.15) is 5.69 Å². The second kappa shape index (κ2) is 5.29. The number of H-pyrrole nitrogens is 2. The van der Waals surface area contributed by atoms with Crippen molar-refractivity contribution in [2.45, 2.75) is 32.6 Å². The van der Waals surface area contributed by atoms with E-state index in [9.17, 15) is 14.4 Å². The number of nitrogens with one attached hydrogen (secondary N) is 2. The first-order valence-electron chi connectivity index (χ1n) is 5.15. The van der Waals surface area contributed by atoms with E-state index in [1.807, 2.05) is 11.9 Å². The number of unbranched alkanes of at least 4 members (excludes halogenated alkanes) is 2. The first-order chi connectivity index (χ1) is 7.56. The molecule has 0 bridgehead atoms. The molecule has 0 atom stereocenters. The molecule has 1 aromatic rings. The SMILES string of the molecule is CCCCCc1c(C(=O)O)[nH]c(=O)[nH]c1=O. The van der Waals surface area contributed by atoms with Crippen LogP contribution in [0.3, 0.4) is 0 Å². The molecule has 88 valence electrons. The van der Waals surface area contributed by atoms with Crippen LogP contribution in [0.5, 0.6) is 0 Å². The lowest BCUT2D eigenvalue weighted by atomic mass is 10.1. The number of carboxylic acids is 1. The molecule has 0 spiro atoms. The molecule has 0 saturated heterocycles. The molecular weight excluding hydrogens is 212 g/mol. The van der Waals surface area contributed by atoms with Crippen molar-refractivity contribution >= 4 is 5.97 Å². The molecule has 0 fully saturated rings. The van der Waals surface area contributed by atoms with Gasteiger partial charge in [-0.3, -0.25) is 9.78 Å². The highest BCUT2D eigenvalue weighted by atomic mass is 16.4. The van der Waals surface area contributed by atoms with E-state index in [4.69, 9.17) is 5.11 Å². The van der Waals surface area contributed by atoms with Crippen molar-refractivity contribution in [2.75, 3.05) is 0 Å². The van der Waals surface area contributed by atoms with Crippen molar-refractivity contribution < 1.29 is 9.90 Å². The molecule has 0 aliphatic heterocycles. The van der Waals surface area contributed by atoms with Crippen LogP contribution in [0.15, 0.2) is 9.59 Å². The third-order valence-electron chi connectivity index (χ3n) is 2.29. The molecule has 0 radical (unpaired) electrons. The first-order valence-corrected chi connectivity index (χ1v) is 5.15. The molecule has 1 heterocycles. The number of aromatic nitrogens is 2. The largest absolute Gasteiger partial charge is 0.477 e. The zero-order valence-corrected chi connectivity index (χ0v) is 9.00. The van der Waals surface area contributed by atoms with Gasteiger partial charge >= 0.3 is 11.7 Å². The quantitative estimate of drug-likeness (QED) is 0.636. The Morgan fingerprint density at radius 3 is 2.50 bits per heavy atom. The fraction of sp³-hybridized carbons (Fsp3) is 0.500. The van der Waals surface area contributed by atoms with Gasteiger partial charge in [0.25, 0.3) is 5.56 Å². The molecule has 0 aliphatic carbocycles. The summed E-state index contributed by atoms with van der Waals surface area (Å²) in [4.78, 5) is 37.3. The molecule has 16 heavy (non-hydrogen) atoms. The Morgan fingerprint density at radius 2 is 1.94 bits per heavy atom. The summed E-state index contributed by atoms with van der Waals surface area (Å²) in [5, 5.41) is 8.85. The zero-order chi connectivity index (χ0) is 12.1. The van der Waals surface area contributed by atoms with E-state index in [1.54, 1.807) is 0 Å². The zero-order valence-electron chi connectivity index (χ0n) is 9.00. The maximum absolute atomic E-state index is 11.4. The molecule has 1 aromatic heterocycles. The highest BCUT2D eigenvalue weighted by Crippen LogP contribution is 2.05. The van der Waals surface area contributed by atoms with E-state index < -0.39 is 17.2 Å². The van der Waals surface area contributed by atoms with E-state index >= 15 is 0 Å². The third kappa shape index (κ3) is 2.82. The minimum absolute atomic E-state index is 0.139. The molecule has 3 N–H and O–H groups in total. The van der Waals surface area contributed by atoms with Crippen LogP contribution in [-0.2, 0) is 6.42 Å². The van der Waals surface area contributed by atoms with Crippen molar-refractivity contribution in [1.29, 1.82) is 0 Å². The summed E-state index contributed by atoms with van der Waals surface area (Å²) < 4.78 is 0. The fourth-order valence-corrected chi connectivity index (χ4v) is 1.49. The van der Waals surface area contributed by atoms with Gasteiger partial charge < -0.3 is 10.1 Å². The van der Waals surface area contributed by atoms with Gasteiger partial charge in [-0.2, -0.15) is 0 Å². The van der Waals surface area contributed by atoms with Gasteiger partial charge in [-0.25, -0.2) is 9.59 Å². The average molecular weight is 226 g/mol. The summed E-state index contributed by atoms with van der Waals surface area (Å²) in [5.41, 5.74) is -1.57. The molecule has 0 unspecified atom stereocenters. The van der Waals surface area contributed by atoms with Crippen LogP contribution < -0.4 is 11.2 Å². The lowest BCUT2D eigenvalue weighted by Gasteiger charge is -2.03. The molecule has 0 amide bonds. The Bertz CT molecular complexity index is 486. The Balaban J connectivity index is 3.10. The first kappa shape index (κ1) is 12.2. The van der Waals surface area contributed by atoms with Crippen LogP contribution in [0, 0.1) is 0 Å². The highest BCUT2D eigenvalue weighted by molar-refractivity contribution is 5.86. The molecule has 1 rings (SSSR count). The standard InChI is InChI=1S/C10H14N2O4/c1-2-3-4-5-6-7(9(14)15)11-10(16)12-8(6)13/h2-5H2,1H3,(H,14,15)(H2,11,12,13,16). The van der Waals surface area contributed by atoms with Gasteiger partial charge in [0, 0.05) is 5.56 Å². The second-order valence-electron chi connectivity index (χ2n) is 3.52. The Morgan fingerprint density at radius 1 is 1.25 bits per heavy atom. The Labute approximate surface area is 91.3 Å². The van der Waals surface area contributed by atoms with Gasteiger partial charge in [-0.15, -0.1) is 0 Å². The summed E-state index contributed by atoms with van der Waals surface area (Å²) in [6.07, 6.45) is 2.98. The number of hydrogen-bond acceptors (Lipinski definition) is 3. The van der Waals surface area contributed by atoms with Gasteiger partial charge in [-0.05, 0) is 12.8 Å². The second-order valence-corrected chi connectivity index (χ2v) is 3.52. The Hall–Kier alpha value is -1.85. The van der Waals surface area contributed by atoms with Gasteiger partial charge in [-0.1, -0.05) is 19.8 Å². The predicted octanol–water partition coefficient (Wildman–Crippen LogP) is 0.494. The molecule has 0 saturated carbocycles. The number of aromatic carboxylic acids is 1. The fourth-order valence-electron chi connectivity index (χ4n) is 1.49. The monoisotopic (exact) mass is 226 g/mol. The van der Waals surface area contributed by atoms with Crippen LogP contribution in [0.2, 0.25) is 0 Å².